The normalized spacial score (nSPS) is 11.6. The second-order valence-electron chi connectivity index (χ2n) is 10.8. The molecule has 0 N–H and O–H groups in total. The summed E-state index contributed by atoms with van der Waals surface area (Å²) in [6, 6.07) is 48.0. The Morgan fingerprint density at radius 3 is 1.64 bits per heavy atom. The predicted molar refractivity (Wildman–Crippen MR) is 182 cm³/mol. The predicted octanol–water partition coefficient (Wildman–Crippen LogP) is 10.8. The Balaban J connectivity index is 1.23. The van der Waals surface area contributed by atoms with E-state index in [1.54, 1.807) is 0 Å². The maximum Gasteiger partial charge on any atom is 0.164 e. The van der Waals surface area contributed by atoms with Gasteiger partial charge in [-0.05, 0) is 53.6 Å². The zero-order valence-electron chi connectivity index (χ0n) is 23.4. The molecule has 0 saturated carbocycles. The van der Waals surface area contributed by atoms with Crippen LogP contribution in [-0.4, -0.2) is 15.0 Å². The van der Waals surface area contributed by atoms with Crippen LogP contribution in [0.3, 0.4) is 0 Å². The molecule has 0 aliphatic carbocycles. The van der Waals surface area contributed by atoms with Crippen LogP contribution in [0.25, 0.3) is 87.4 Å². The molecule has 9 aromatic rings. The van der Waals surface area contributed by atoms with Gasteiger partial charge in [0.15, 0.2) is 17.5 Å². The molecule has 0 aliphatic heterocycles. The molecule has 4 nitrogen and oxygen atoms in total. The van der Waals surface area contributed by atoms with Gasteiger partial charge in [-0.15, -0.1) is 11.3 Å². The zero-order chi connectivity index (χ0) is 29.0. The Bertz CT molecular complexity index is 2440. The quantitative estimate of drug-likeness (QED) is 0.207. The number of benzene rings is 6. The van der Waals surface area contributed by atoms with Gasteiger partial charge in [-0.25, -0.2) is 15.0 Å². The molecule has 0 radical (unpaired) electrons. The van der Waals surface area contributed by atoms with Crippen molar-refractivity contribution in [3.8, 4) is 45.3 Å². The highest BCUT2D eigenvalue weighted by atomic mass is 32.1. The number of aromatic nitrogens is 3. The minimum Gasteiger partial charge on any atom is -0.456 e. The van der Waals surface area contributed by atoms with Crippen molar-refractivity contribution in [3.05, 3.63) is 140 Å². The number of furan rings is 1. The summed E-state index contributed by atoms with van der Waals surface area (Å²) in [5.41, 5.74) is 6.89. The molecule has 0 bridgehead atoms. The molecule has 0 unspecified atom stereocenters. The van der Waals surface area contributed by atoms with Crippen LogP contribution in [-0.2, 0) is 0 Å². The van der Waals surface area contributed by atoms with Gasteiger partial charge in [-0.2, -0.15) is 0 Å². The van der Waals surface area contributed by atoms with Crippen LogP contribution >= 0.6 is 11.3 Å². The zero-order valence-corrected chi connectivity index (χ0v) is 24.3. The monoisotopic (exact) mass is 581 g/mol. The summed E-state index contributed by atoms with van der Waals surface area (Å²) in [7, 11) is 0. The van der Waals surface area contributed by atoms with Gasteiger partial charge in [0.05, 0.1) is 0 Å². The van der Waals surface area contributed by atoms with Crippen LogP contribution in [0.2, 0.25) is 0 Å². The minimum absolute atomic E-state index is 0.625. The van der Waals surface area contributed by atoms with Crippen molar-refractivity contribution >= 4 is 53.4 Å². The van der Waals surface area contributed by atoms with Crippen molar-refractivity contribution in [2.24, 2.45) is 0 Å². The fourth-order valence-corrected chi connectivity index (χ4v) is 7.17. The summed E-state index contributed by atoms with van der Waals surface area (Å²) < 4.78 is 8.91. The van der Waals surface area contributed by atoms with Crippen molar-refractivity contribution in [2.75, 3.05) is 0 Å². The second-order valence-corrected chi connectivity index (χ2v) is 11.9. The number of hydrogen-bond donors (Lipinski definition) is 0. The van der Waals surface area contributed by atoms with E-state index in [9.17, 15) is 0 Å². The summed E-state index contributed by atoms with van der Waals surface area (Å²) >= 11 is 1.84. The molecular formula is C39H23N3OS. The first-order chi connectivity index (χ1) is 21.8. The fourth-order valence-electron chi connectivity index (χ4n) is 6.04. The van der Waals surface area contributed by atoms with Gasteiger partial charge >= 0.3 is 0 Å². The maximum atomic E-state index is 6.31. The molecular weight excluding hydrogens is 559 g/mol. The van der Waals surface area contributed by atoms with E-state index >= 15 is 0 Å². The average molecular weight is 582 g/mol. The van der Waals surface area contributed by atoms with Crippen molar-refractivity contribution in [1.29, 1.82) is 0 Å². The van der Waals surface area contributed by atoms with E-state index in [1.165, 1.54) is 25.7 Å². The average Bonchev–Trinajstić information content (AvgIpc) is 3.66. The summed E-state index contributed by atoms with van der Waals surface area (Å²) in [5.74, 6) is 1.91. The summed E-state index contributed by atoms with van der Waals surface area (Å²) in [6.07, 6.45) is 0. The molecule has 44 heavy (non-hydrogen) atoms. The van der Waals surface area contributed by atoms with Gasteiger partial charge in [-0.3, -0.25) is 0 Å². The lowest BCUT2D eigenvalue weighted by molar-refractivity contribution is 0.669. The smallest absolute Gasteiger partial charge is 0.164 e. The molecule has 0 amide bonds. The fraction of sp³-hybridized carbons (Fsp3) is 0. The number of fused-ring (bicyclic) bond motifs is 6. The third-order valence-electron chi connectivity index (χ3n) is 8.14. The number of hydrogen-bond acceptors (Lipinski definition) is 5. The molecule has 0 saturated heterocycles. The Hall–Kier alpha value is -5.65. The van der Waals surface area contributed by atoms with Crippen LogP contribution in [0, 0.1) is 0 Å². The van der Waals surface area contributed by atoms with Crippen molar-refractivity contribution in [1.82, 2.24) is 15.0 Å². The van der Waals surface area contributed by atoms with Crippen LogP contribution in [0.5, 0.6) is 0 Å². The number of rotatable bonds is 4. The SMILES string of the molecule is c1ccc(-c2nc(-c3ccccc3)nc(-c3ccc4oc5ccc(-c6cccc7sc8ccccc8c67)cc5c4c3)n2)cc1. The van der Waals surface area contributed by atoms with Crippen LogP contribution in [0.4, 0.5) is 0 Å². The van der Waals surface area contributed by atoms with Gasteiger partial charge in [0.2, 0.25) is 0 Å². The molecule has 5 heteroatoms. The minimum atomic E-state index is 0.625. The van der Waals surface area contributed by atoms with Gasteiger partial charge in [0.1, 0.15) is 11.2 Å². The third kappa shape index (κ3) is 4.09. The lowest BCUT2D eigenvalue weighted by Gasteiger charge is -2.08. The number of nitrogens with zero attached hydrogens (tertiary/aromatic N) is 3. The standard InChI is InChI=1S/C39H23N3OS/c1-3-10-24(11-4-1)37-40-38(25-12-5-2-6-13-25)42-39(41-37)27-19-21-33-31(23-27)30-22-26(18-20-32(30)43-33)28-15-9-17-35-36(28)29-14-7-8-16-34(29)44-35/h1-23H. The molecule has 6 aromatic carbocycles. The summed E-state index contributed by atoms with van der Waals surface area (Å²) in [4.78, 5) is 14.7. The first-order valence-electron chi connectivity index (χ1n) is 14.5. The summed E-state index contributed by atoms with van der Waals surface area (Å²) in [6.45, 7) is 0. The molecule has 0 atom stereocenters. The summed E-state index contributed by atoms with van der Waals surface area (Å²) in [5, 5.41) is 4.69. The maximum absolute atomic E-state index is 6.31. The molecule has 0 aliphatic rings. The van der Waals surface area contributed by atoms with Crippen LogP contribution < -0.4 is 0 Å². The van der Waals surface area contributed by atoms with Gasteiger partial charge in [0.25, 0.3) is 0 Å². The second kappa shape index (κ2) is 9.97. The van der Waals surface area contributed by atoms with E-state index in [2.05, 4.69) is 66.7 Å². The van der Waals surface area contributed by atoms with Gasteiger partial charge in [-0.1, -0.05) is 97.1 Å². The first kappa shape index (κ1) is 24.9. The Kier molecular flexibility index (Phi) is 5.64. The first-order valence-corrected chi connectivity index (χ1v) is 15.3. The van der Waals surface area contributed by atoms with Gasteiger partial charge in [0, 0.05) is 47.6 Å². The Labute approximate surface area is 256 Å². The van der Waals surface area contributed by atoms with Crippen molar-refractivity contribution in [3.63, 3.8) is 0 Å². The highest BCUT2D eigenvalue weighted by Gasteiger charge is 2.16. The molecule has 3 heterocycles. The van der Waals surface area contributed by atoms with Crippen LogP contribution in [0.1, 0.15) is 0 Å². The van der Waals surface area contributed by atoms with Crippen molar-refractivity contribution < 1.29 is 4.42 Å². The lowest BCUT2D eigenvalue weighted by atomic mass is 9.98. The lowest BCUT2D eigenvalue weighted by Crippen LogP contribution is -2.00. The Morgan fingerprint density at radius 2 is 0.955 bits per heavy atom. The van der Waals surface area contributed by atoms with Gasteiger partial charge < -0.3 is 4.42 Å². The van der Waals surface area contributed by atoms with Crippen LogP contribution in [0.15, 0.2) is 144 Å². The van der Waals surface area contributed by atoms with E-state index in [-0.39, 0.29) is 0 Å². The molecule has 0 fully saturated rings. The third-order valence-corrected chi connectivity index (χ3v) is 9.28. The highest BCUT2D eigenvalue weighted by molar-refractivity contribution is 7.25. The number of thiophene rings is 1. The van der Waals surface area contributed by atoms with E-state index in [4.69, 9.17) is 19.4 Å². The largest absolute Gasteiger partial charge is 0.456 e. The highest BCUT2D eigenvalue weighted by Crippen LogP contribution is 2.41. The molecule has 3 aromatic heterocycles. The topological polar surface area (TPSA) is 51.8 Å². The Morgan fingerprint density at radius 1 is 0.409 bits per heavy atom. The molecule has 9 rings (SSSR count). The van der Waals surface area contributed by atoms with E-state index < -0.39 is 0 Å². The molecule has 0 spiro atoms. The van der Waals surface area contributed by atoms with E-state index in [0.717, 1.165) is 44.2 Å². The molecule has 206 valence electrons. The van der Waals surface area contributed by atoms with E-state index in [0.29, 0.717) is 17.5 Å². The van der Waals surface area contributed by atoms with E-state index in [1.807, 2.05) is 84.1 Å². The van der Waals surface area contributed by atoms with Crippen molar-refractivity contribution in [2.45, 2.75) is 0 Å².